The molecule has 0 aromatic heterocycles. The molecule has 0 saturated carbocycles. The van der Waals surface area contributed by atoms with Crippen molar-refractivity contribution in [1.82, 2.24) is 4.90 Å². The van der Waals surface area contributed by atoms with Crippen LogP contribution in [0.1, 0.15) is 55.5 Å². The van der Waals surface area contributed by atoms with Gasteiger partial charge in [-0.05, 0) is 49.1 Å². The standard InChI is InChI=1S/C19H27NO3/c1-14(2)15-7-5-12-20(13-11-15)18(21)10-9-16-6-3-4-8-17(16)19(22)23/h3-4,6,8,14-15H,5,7,9-13H2,1-2H3,(H,22,23). The van der Waals surface area contributed by atoms with Crippen molar-refractivity contribution in [2.75, 3.05) is 13.1 Å². The normalized spacial score (nSPS) is 18.7. The summed E-state index contributed by atoms with van der Waals surface area (Å²) >= 11 is 0. The zero-order valence-electron chi connectivity index (χ0n) is 14.1. The third kappa shape index (κ3) is 4.81. The van der Waals surface area contributed by atoms with Gasteiger partial charge >= 0.3 is 5.97 Å². The number of carboxylic acid groups (broad SMARTS) is 1. The van der Waals surface area contributed by atoms with Crippen molar-refractivity contribution in [3.05, 3.63) is 35.4 Å². The Morgan fingerprint density at radius 3 is 2.65 bits per heavy atom. The molecule has 0 radical (unpaired) electrons. The Labute approximate surface area is 138 Å². The second kappa shape index (κ2) is 8.14. The fraction of sp³-hybridized carbons (Fsp3) is 0.579. The predicted octanol–water partition coefficient (Wildman–Crippen LogP) is 3.60. The van der Waals surface area contributed by atoms with Gasteiger partial charge in [-0.25, -0.2) is 4.79 Å². The fourth-order valence-electron chi connectivity index (χ4n) is 3.38. The first-order valence-corrected chi connectivity index (χ1v) is 8.58. The van der Waals surface area contributed by atoms with Crippen molar-refractivity contribution in [3.8, 4) is 0 Å². The highest BCUT2D eigenvalue weighted by atomic mass is 16.4. The molecule has 0 aliphatic carbocycles. The van der Waals surface area contributed by atoms with Gasteiger partial charge in [-0.1, -0.05) is 32.0 Å². The van der Waals surface area contributed by atoms with Gasteiger partial charge in [-0.15, -0.1) is 0 Å². The number of carbonyl (C=O) groups is 2. The Balaban J connectivity index is 1.91. The first-order chi connectivity index (χ1) is 11.0. The molecular weight excluding hydrogens is 290 g/mol. The summed E-state index contributed by atoms with van der Waals surface area (Å²) in [6, 6.07) is 6.94. The summed E-state index contributed by atoms with van der Waals surface area (Å²) in [4.78, 5) is 25.6. The molecule has 126 valence electrons. The Morgan fingerprint density at radius 1 is 1.22 bits per heavy atom. The molecule has 1 aliphatic heterocycles. The third-order valence-corrected chi connectivity index (χ3v) is 4.92. The summed E-state index contributed by atoms with van der Waals surface area (Å²) < 4.78 is 0. The number of carbonyl (C=O) groups excluding carboxylic acids is 1. The topological polar surface area (TPSA) is 57.6 Å². The van der Waals surface area contributed by atoms with E-state index < -0.39 is 5.97 Å². The van der Waals surface area contributed by atoms with Crippen LogP contribution >= 0.6 is 0 Å². The quantitative estimate of drug-likeness (QED) is 0.902. The smallest absolute Gasteiger partial charge is 0.335 e. The Kier molecular flexibility index (Phi) is 6.20. The van der Waals surface area contributed by atoms with E-state index in [1.165, 1.54) is 6.42 Å². The summed E-state index contributed by atoms with van der Waals surface area (Å²) in [7, 11) is 0. The van der Waals surface area contributed by atoms with Crippen molar-refractivity contribution >= 4 is 11.9 Å². The van der Waals surface area contributed by atoms with Crippen molar-refractivity contribution in [3.63, 3.8) is 0 Å². The summed E-state index contributed by atoms with van der Waals surface area (Å²) in [5.74, 6) is 0.602. The molecule has 0 spiro atoms. The van der Waals surface area contributed by atoms with Crippen LogP contribution in [0.4, 0.5) is 0 Å². The van der Waals surface area contributed by atoms with E-state index in [1.54, 1.807) is 18.2 Å². The summed E-state index contributed by atoms with van der Waals surface area (Å²) in [6.07, 6.45) is 4.22. The second-order valence-electron chi connectivity index (χ2n) is 6.78. The van der Waals surface area contributed by atoms with Gasteiger partial charge in [0.2, 0.25) is 5.91 Å². The molecule has 1 fully saturated rings. The highest BCUT2D eigenvalue weighted by molar-refractivity contribution is 5.89. The van der Waals surface area contributed by atoms with Crippen molar-refractivity contribution < 1.29 is 14.7 Å². The Morgan fingerprint density at radius 2 is 1.96 bits per heavy atom. The molecule has 1 heterocycles. The van der Waals surface area contributed by atoms with E-state index in [-0.39, 0.29) is 5.91 Å². The van der Waals surface area contributed by atoms with E-state index in [9.17, 15) is 14.7 Å². The van der Waals surface area contributed by atoms with E-state index in [0.717, 1.165) is 31.5 Å². The van der Waals surface area contributed by atoms with Crippen molar-refractivity contribution in [2.24, 2.45) is 11.8 Å². The molecule has 2 rings (SSSR count). The zero-order chi connectivity index (χ0) is 16.8. The molecule has 4 nitrogen and oxygen atoms in total. The van der Waals surface area contributed by atoms with E-state index >= 15 is 0 Å². The van der Waals surface area contributed by atoms with Gasteiger partial charge < -0.3 is 10.0 Å². The third-order valence-electron chi connectivity index (χ3n) is 4.92. The van der Waals surface area contributed by atoms with Gasteiger partial charge in [0, 0.05) is 19.5 Å². The van der Waals surface area contributed by atoms with Crippen LogP contribution in [0, 0.1) is 11.8 Å². The molecule has 1 unspecified atom stereocenters. The minimum atomic E-state index is -0.928. The van der Waals surface area contributed by atoms with E-state index in [4.69, 9.17) is 0 Å². The molecule has 1 aromatic rings. The van der Waals surface area contributed by atoms with Crippen LogP contribution in [0.25, 0.3) is 0 Å². The number of hydrogen-bond acceptors (Lipinski definition) is 2. The highest BCUT2D eigenvalue weighted by Gasteiger charge is 2.22. The molecule has 1 saturated heterocycles. The number of nitrogens with zero attached hydrogens (tertiary/aromatic N) is 1. The number of aromatic carboxylic acids is 1. The molecule has 1 N–H and O–H groups in total. The predicted molar refractivity (Wildman–Crippen MR) is 90.5 cm³/mol. The van der Waals surface area contributed by atoms with E-state index in [0.29, 0.717) is 30.2 Å². The molecule has 23 heavy (non-hydrogen) atoms. The average Bonchev–Trinajstić information content (AvgIpc) is 2.79. The molecule has 1 aliphatic rings. The Hall–Kier alpha value is -1.84. The lowest BCUT2D eigenvalue weighted by atomic mass is 9.89. The average molecular weight is 317 g/mol. The van der Waals surface area contributed by atoms with E-state index in [2.05, 4.69) is 13.8 Å². The molecule has 1 atom stereocenters. The van der Waals surface area contributed by atoms with Gasteiger partial charge in [0.05, 0.1) is 5.56 Å². The van der Waals surface area contributed by atoms with Crippen LogP contribution in [-0.4, -0.2) is 35.0 Å². The summed E-state index contributed by atoms with van der Waals surface area (Å²) in [5.41, 5.74) is 1.04. The lowest BCUT2D eigenvalue weighted by Crippen LogP contribution is -2.32. The van der Waals surface area contributed by atoms with Gasteiger partial charge in [0.1, 0.15) is 0 Å². The van der Waals surface area contributed by atoms with Crippen LogP contribution < -0.4 is 0 Å². The minimum Gasteiger partial charge on any atom is -0.478 e. The monoisotopic (exact) mass is 317 g/mol. The van der Waals surface area contributed by atoms with Gasteiger partial charge in [0.15, 0.2) is 0 Å². The van der Waals surface area contributed by atoms with Crippen LogP contribution in [0.3, 0.4) is 0 Å². The number of amides is 1. The molecule has 4 heteroatoms. The van der Waals surface area contributed by atoms with Crippen LogP contribution in [0.2, 0.25) is 0 Å². The van der Waals surface area contributed by atoms with E-state index in [1.807, 2.05) is 11.0 Å². The largest absolute Gasteiger partial charge is 0.478 e. The zero-order valence-corrected chi connectivity index (χ0v) is 14.1. The number of rotatable bonds is 5. The number of benzene rings is 1. The van der Waals surface area contributed by atoms with Gasteiger partial charge in [-0.3, -0.25) is 4.79 Å². The lowest BCUT2D eigenvalue weighted by molar-refractivity contribution is -0.131. The maximum atomic E-state index is 12.5. The highest BCUT2D eigenvalue weighted by Crippen LogP contribution is 2.25. The molecule has 1 aromatic carbocycles. The van der Waals surface area contributed by atoms with Gasteiger partial charge in [-0.2, -0.15) is 0 Å². The number of hydrogen-bond donors (Lipinski definition) is 1. The molecule has 0 bridgehead atoms. The first kappa shape index (κ1) is 17.5. The van der Waals surface area contributed by atoms with Crippen LogP contribution in [0.15, 0.2) is 24.3 Å². The number of aryl methyl sites for hydroxylation is 1. The maximum absolute atomic E-state index is 12.5. The summed E-state index contributed by atoms with van der Waals surface area (Å²) in [6.45, 7) is 6.18. The van der Waals surface area contributed by atoms with Crippen molar-refractivity contribution in [1.29, 1.82) is 0 Å². The van der Waals surface area contributed by atoms with Crippen LogP contribution in [-0.2, 0) is 11.2 Å². The SMILES string of the molecule is CC(C)C1CCCN(C(=O)CCc2ccccc2C(=O)O)CC1. The fourth-order valence-corrected chi connectivity index (χ4v) is 3.38. The second-order valence-corrected chi connectivity index (χ2v) is 6.78. The van der Waals surface area contributed by atoms with Crippen LogP contribution in [0.5, 0.6) is 0 Å². The molecular formula is C19H27NO3. The molecule has 1 amide bonds. The minimum absolute atomic E-state index is 0.148. The first-order valence-electron chi connectivity index (χ1n) is 8.58. The lowest BCUT2D eigenvalue weighted by Gasteiger charge is -2.21. The van der Waals surface area contributed by atoms with Crippen molar-refractivity contribution in [2.45, 2.75) is 46.0 Å². The maximum Gasteiger partial charge on any atom is 0.335 e. The number of likely N-dealkylation sites (tertiary alicyclic amines) is 1. The van der Waals surface area contributed by atoms with Gasteiger partial charge in [0.25, 0.3) is 0 Å². The number of carboxylic acids is 1. The Bertz CT molecular complexity index is 553. The summed E-state index contributed by atoms with van der Waals surface area (Å²) in [5, 5.41) is 9.20.